The van der Waals surface area contributed by atoms with E-state index < -0.39 is 0 Å². The maximum atomic E-state index is 9.54. The number of rotatable bonds is 6. The number of nitrogens with one attached hydrogen (secondary N) is 1. The van der Waals surface area contributed by atoms with Crippen LogP contribution in [0.15, 0.2) is 42.5 Å². The Labute approximate surface area is 118 Å². The lowest BCUT2D eigenvalue weighted by molar-refractivity contribution is 0.299. The first-order valence-electron chi connectivity index (χ1n) is 6.52. The lowest BCUT2D eigenvalue weighted by Crippen LogP contribution is -2.00. The fourth-order valence-electron chi connectivity index (χ4n) is 1.95. The maximum Gasteiger partial charge on any atom is 0.160 e. The molecule has 0 spiro atoms. The van der Waals surface area contributed by atoms with Crippen molar-refractivity contribution in [3.8, 4) is 11.5 Å². The Morgan fingerprint density at radius 1 is 1.05 bits per heavy atom. The molecule has 4 heteroatoms. The van der Waals surface area contributed by atoms with Gasteiger partial charge in [-0.25, -0.2) is 0 Å². The van der Waals surface area contributed by atoms with E-state index in [0.717, 1.165) is 16.8 Å². The van der Waals surface area contributed by atoms with Gasteiger partial charge in [0.2, 0.25) is 0 Å². The van der Waals surface area contributed by atoms with Gasteiger partial charge in [-0.2, -0.15) is 0 Å². The van der Waals surface area contributed by atoms with Gasteiger partial charge in [-0.3, -0.25) is 0 Å². The standard InChI is InChI=1S/C16H19NO3/c1-20-16-10-13(4-7-15(16)19)11-17-14-5-2-12(3-6-14)8-9-18/h2-7,10,17-19H,8-9,11H2,1H3. The van der Waals surface area contributed by atoms with Crippen molar-refractivity contribution in [1.82, 2.24) is 0 Å². The van der Waals surface area contributed by atoms with Gasteiger partial charge in [-0.1, -0.05) is 18.2 Å². The molecular weight excluding hydrogens is 254 g/mol. The normalized spacial score (nSPS) is 10.3. The number of aliphatic hydroxyl groups excluding tert-OH is 1. The van der Waals surface area contributed by atoms with Crippen LogP contribution in [0.25, 0.3) is 0 Å². The SMILES string of the molecule is COc1cc(CNc2ccc(CCO)cc2)ccc1O. The van der Waals surface area contributed by atoms with Crippen LogP contribution in [0.3, 0.4) is 0 Å². The maximum absolute atomic E-state index is 9.54. The molecule has 106 valence electrons. The first-order valence-corrected chi connectivity index (χ1v) is 6.52. The Kier molecular flexibility index (Phi) is 4.85. The Morgan fingerprint density at radius 2 is 1.75 bits per heavy atom. The Bertz CT molecular complexity index is 552. The van der Waals surface area contributed by atoms with Gasteiger partial charge in [0.15, 0.2) is 11.5 Å². The topological polar surface area (TPSA) is 61.7 Å². The summed E-state index contributed by atoms with van der Waals surface area (Å²) in [7, 11) is 1.53. The van der Waals surface area contributed by atoms with Crippen LogP contribution in [0, 0.1) is 0 Å². The molecular formula is C16H19NO3. The number of anilines is 1. The number of phenols is 1. The number of benzene rings is 2. The summed E-state index contributed by atoms with van der Waals surface area (Å²) in [6, 6.07) is 13.3. The summed E-state index contributed by atoms with van der Waals surface area (Å²) < 4.78 is 5.08. The summed E-state index contributed by atoms with van der Waals surface area (Å²) in [5, 5.41) is 21.7. The van der Waals surface area contributed by atoms with Crippen molar-refractivity contribution in [2.45, 2.75) is 13.0 Å². The van der Waals surface area contributed by atoms with E-state index in [0.29, 0.717) is 18.7 Å². The van der Waals surface area contributed by atoms with Gasteiger partial charge in [0, 0.05) is 18.8 Å². The zero-order valence-electron chi connectivity index (χ0n) is 11.5. The highest BCUT2D eigenvalue weighted by atomic mass is 16.5. The summed E-state index contributed by atoms with van der Waals surface area (Å²) >= 11 is 0. The van der Waals surface area contributed by atoms with Crippen LogP contribution >= 0.6 is 0 Å². The summed E-state index contributed by atoms with van der Waals surface area (Å²) in [4.78, 5) is 0. The van der Waals surface area contributed by atoms with Crippen molar-refractivity contribution in [3.63, 3.8) is 0 Å². The molecule has 0 heterocycles. The van der Waals surface area contributed by atoms with Gasteiger partial charge in [0.25, 0.3) is 0 Å². The summed E-state index contributed by atoms with van der Waals surface area (Å²) in [5.41, 5.74) is 3.15. The molecule has 0 atom stereocenters. The highest BCUT2D eigenvalue weighted by Crippen LogP contribution is 2.26. The molecule has 2 rings (SSSR count). The molecule has 0 aliphatic carbocycles. The molecule has 3 N–H and O–H groups in total. The second-order valence-electron chi connectivity index (χ2n) is 4.53. The van der Waals surface area contributed by atoms with E-state index in [1.54, 1.807) is 6.07 Å². The Balaban J connectivity index is 1.97. The zero-order valence-corrected chi connectivity index (χ0v) is 11.5. The zero-order chi connectivity index (χ0) is 14.4. The smallest absolute Gasteiger partial charge is 0.160 e. The van der Waals surface area contributed by atoms with E-state index in [4.69, 9.17) is 9.84 Å². The van der Waals surface area contributed by atoms with Gasteiger partial charge in [-0.05, 0) is 41.8 Å². The second kappa shape index (κ2) is 6.82. The van der Waals surface area contributed by atoms with Crippen molar-refractivity contribution < 1.29 is 14.9 Å². The molecule has 2 aromatic rings. The van der Waals surface area contributed by atoms with Crippen molar-refractivity contribution in [3.05, 3.63) is 53.6 Å². The lowest BCUT2D eigenvalue weighted by Gasteiger charge is -2.09. The number of aromatic hydroxyl groups is 1. The molecule has 0 aromatic heterocycles. The van der Waals surface area contributed by atoms with Crippen LogP contribution in [0.2, 0.25) is 0 Å². The highest BCUT2D eigenvalue weighted by Gasteiger charge is 2.02. The molecule has 0 aliphatic rings. The molecule has 0 unspecified atom stereocenters. The summed E-state index contributed by atoms with van der Waals surface area (Å²) in [6.07, 6.45) is 0.676. The molecule has 0 bridgehead atoms. The largest absolute Gasteiger partial charge is 0.504 e. The van der Waals surface area contributed by atoms with E-state index in [9.17, 15) is 5.11 Å². The molecule has 0 aliphatic heterocycles. The third kappa shape index (κ3) is 3.65. The second-order valence-corrected chi connectivity index (χ2v) is 4.53. The Hall–Kier alpha value is -2.20. The van der Waals surface area contributed by atoms with Gasteiger partial charge in [0.1, 0.15) is 0 Å². The quantitative estimate of drug-likeness (QED) is 0.757. The number of ether oxygens (including phenoxy) is 1. The molecule has 0 saturated heterocycles. The molecule has 4 nitrogen and oxygen atoms in total. The molecule has 0 fully saturated rings. The van der Waals surface area contributed by atoms with Crippen molar-refractivity contribution >= 4 is 5.69 Å². The fourth-order valence-corrected chi connectivity index (χ4v) is 1.95. The van der Waals surface area contributed by atoms with Crippen LogP contribution in [-0.2, 0) is 13.0 Å². The van der Waals surface area contributed by atoms with Gasteiger partial charge in [0.05, 0.1) is 7.11 Å². The minimum absolute atomic E-state index is 0.143. The lowest BCUT2D eigenvalue weighted by atomic mass is 10.1. The molecule has 0 amide bonds. The third-order valence-corrected chi connectivity index (χ3v) is 3.10. The first kappa shape index (κ1) is 14.2. The van der Waals surface area contributed by atoms with E-state index in [2.05, 4.69) is 5.32 Å². The van der Waals surface area contributed by atoms with Gasteiger partial charge in [-0.15, -0.1) is 0 Å². The fraction of sp³-hybridized carbons (Fsp3) is 0.250. The van der Waals surface area contributed by atoms with E-state index in [1.165, 1.54) is 7.11 Å². The highest BCUT2D eigenvalue weighted by molar-refractivity contribution is 5.47. The predicted octanol–water partition coefficient (Wildman–Crippen LogP) is 2.55. The molecule has 20 heavy (non-hydrogen) atoms. The number of hydrogen-bond acceptors (Lipinski definition) is 4. The average molecular weight is 273 g/mol. The monoisotopic (exact) mass is 273 g/mol. The number of methoxy groups -OCH3 is 1. The van der Waals surface area contributed by atoms with Crippen LogP contribution < -0.4 is 10.1 Å². The average Bonchev–Trinajstić information content (AvgIpc) is 2.48. The number of aliphatic hydroxyl groups is 1. The van der Waals surface area contributed by atoms with Crippen molar-refractivity contribution in [2.24, 2.45) is 0 Å². The van der Waals surface area contributed by atoms with Crippen LogP contribution in [0.4, 0.5) is 5.69 Å². The number of hydrogen-bond donors (Lipinski definition) is 3. The number of phenolic OH excluding ortho intramolecular Hbond substituents is 1. The van der Waals surface area contributed by atoms with E-state index in [1.807, 2.05) is 36.4 Å². The van der Waals surface area contributed by atoms with Crippen molar-refractivity contribution in [2.75, 3.05) is 19.0 Å². The Morgan fingerprint density at radius 3 is 2.40 bits per heavy atom. The van der Waals surface area contributed by atoms with E-state index in [-0.39, 0.29) is 12.4 Å². The minimum Gasteiger partial charge on any atom is -0.504 e. The van der Waals surface area contributed by atoms with Crippen LogP contribution in [-0.4, -0.2) is 23.9 Å². The molecule has 0 saturated carbocycles. The van der Waals surface area contributed by atoms with Gasteiger partial charge >= 0.3 is 0 Å². The van der Waals surface area contributed by atoms with Gasteiger partial charge < -0.3 is 20.3 Å². The van der Waals surface area contributed by atoms with Crippen molar-refractivity contribution in [1.29, 1.82) is 0 Å². The summed E-state index contributed by atoms with van der Waals surface area (Å²) in [6.45, 7) is 0.816. The molecule has 0 radical (unpaired) electrons. The predicted molar refractivity (Wildman–Crippen MR) is 79.2 cm³/mol. The van der Waals surface area contributed by atoms with Crippen LogP contribution in [0.5, 0.6) is 11.5 Å². The summed E-state index contributed by atoms with van der Waals surface area (Å²) in [5.74, 6) is 0.618. The van der Waals surface area contributed by atoms with Crippen LogP contribution in [0.1, 0.15) is 11.1 Å². The minimum atomic E-state index is 0.143. The molecule has 2 aromatic carbocycles. The third-order valence-electron chi connectivity index (χ3n) is 3.10. The van der Waals surface area contributed by atoms with E-state index >= 15 is 0 Å². The first-order chi connectivity index (χ1) is 9.72.